The average molecular weight is 242 g/mol. The van der Waals surface area contributed by atoms with E-state index in [-0.39, 0.29) is 0 Å². The van der Waals surface area contributed by atoms with Gasteiger partial charge in [-0.25, -0.2) is 4.98 Å². The van der Waals surface area contributed by atoms with Crippen molar-refractivity contribution in [2.75, 3.05) is 18.8 Å². The minimum absolute atomic E-state index is 0.571. The summed E-state index contributed by atoms with van der Waals surface area (Å²) >= 11 is 3.51. The average Bonchev–Trinajstić information content (AvgIpc) is 2.56. The maximum atomic E-state index is 5.57. The first kappa shape index (κ1) is 8.97. The fraction of sp³-hybridized carbons (Fsp3) is 0.444. The number of halogens is 1. The van der Waals surface area contributed by atoms with Crippen molar-refractivity contribution < 1.29 is 0 Å². The minimum Gasteiger partial charge on any atom is -0.384 e. The normalized spacial score (nSPS) is 22.1. The molecule has 0 bridgehead atoms. The van der Waals surface area contributed by atoms with E-state index in [1.165, 1.54) is 12.0 Å². The summed E-state index contributed by atoms with van der Waals surface area (Å²) in [7, 11) is 0. The Hall–Kier alpha value is -0.610. The molecule has 70 valence electrons. The molecule has 0 amide bonds. The molecule has 1 unspecified atom stereocenters. The van der Waals surface area contributed by atoms with Gasteiger partial charge in [-0.1, -0.05) is 15.9 Å². The van der Waals surface area contributed by atoms with Crippen LogP contribution in [0.2, 0.25) is 0 Å². The molecule has 13 heavy (non-hydrogen) atoms. The van der Waals surface area contributed by atoms with E-state index in [0.717, 1.165) is 17.6 Å². The lowest BCUT2D eigenvalue weighted by Crippen LogP contribution is -2.08. The van der Waals surface area contributed by atoms with Crippen molar-refractivity contribution in [1.29, 1.82) is 0 Å². The maximum absolute atomic E-state index is 5.57. The van der Waals surface area contributed by atoms with Gasteiger partial charge in [-0.2, -0.15) is 0 Å². The highest BCUT2D eigenvalue weighted by atomic mass is 79.9. The molecular weight excluding hydrogens is 230 g/mol. The van der Waals surface area contributed by atoms with Crippen LogP contribution in [0.4, 0.5) is 5.82 Å². The van der Waals surface area contributed by atoms with Gasteiger partial charge in [-0.3, -0.25) is 0 Å². The smallest absolute Gasteiger partial charge is 0.124 e. The molecule has 1 aromatic rings. The Bertz CT molecular complexity index is 308. The van der Waals surface area contributed by atoms with Gasteiger partial charge in [-0.15, -0.1) is 0 Å². The zero-order valence-electron chi connectivity index (χ0n) is 7.26. The second-order valence-corrected chi connectivity index (χ2v) is 4.17. The van der Waals surface area contributed by atoms with Crippen LogP contribution in [0.5, 0.6) is 0 Å². The first-order chi connectivity index (χ1) is 6.27. The summed E-state index contributed by atoms with van der Waals surface area (Å²) in [5.41, 5.74) is 6.83. The van der Waals surface area contributed by atoms with Crippen LogP contribution < -0.4 is 11.1 Å². The van der Waals surface area contributed by atoms with Crippen molar-refractivity contribution in [1.82, 2.24) is 10.3 Å². The third-order valence-electron chi connectivity index (χ3n) is 2.40. The SMILES string of the molecule is Nc1cc(Br)c(C2CCNC2)cn1. The van der Waals surface area contributed by atoms with Gasteiger partial charge in [0.05, 0.1) is 0 Å². The molecule has 0 radical (unpaired) electrons. The van der Waals surface area contributed by atoms with Crippen LogP contribution in [0, 0.1) is 0 Å². The monoisotopic (exact) mass is 241 g/mol. The van der Waals surface area contributed by atoms with Crippen molar-refractivity contribution in [3.63, 3.8) is 0 Å². The van der Waals surface area contributed by atoms with Crippen molar-refractivity contribution in [2.45, 2.75) is 12.3 Å². The lowest BCUT2D eigenvalue weighted by atomic mass is 10.0. The topological polar surface area (TPSA) is 50.9 Å². The van der Waals surface area contributed by atoms with Crippen LogP contribution in [0.25, 0.3) is 0 Å². The van der Waals surface area contributed by atoms with Gasteiger partial charge >= 0.3 is 0 Å². The Balaban J connectivity index is 2.29. The number of nitrogen functional groups attached to an aromatic ring is 1. The molecule has 0 aromatic carbocycles. The zero-order chi connectivity index (χ0) is 9.26. The number of anilines is 1. The van der Waals surface area contributed by atoms with Crippen LogP contribution in [0.15, 0.2) is 16.7 Å². The van der Waals surface area contributed by atoms with Crippen molar-refractivity contribution in [2.24, 2.45) is 0 Å². The largest absolute Gasteiger partial charge is 0.384 e. The summed E-state index contributed by atoms with van der Waals surface area (Å²) in [4.78, 5) is 4.10. The number of nitrogens with one attached hydrogen (secondary N) is 1. The number of aromatic nitrogens is 1. The lowest BCUT2D eigenvalue weighted by molar-refractivity contribution is 0.755. The quantitative estimate of drug-likeness (QED) is 0.784. The molecule has 4 heteroatoms. The number of pyridine rings is 1. The molecule has 1 atom stereocenters. The van der Waals surface area contributed by atoms with E-state index in [2.05, 4.69) is 26.2 Å². The maximum Gasteiger partial charge on any atom is 0.124 e. The summed E-state index contributed by atoms with van der Waals surface area (Å²) in [6, 6.07) is 1.87. The zero-order valence-corrected chi connectivity index (χ0v) is 8.84. The molecule has 1 fully saturated rings. The number of nitrogens with zero attached hydrogens (tertiary/aromatic N) is 1. The number of hydrogen-bond acceptors (Lipinski definition) is 3. The van der Waals surface area contributed by atoms with Crippen molar-refractivity contribution in [3.05, 3.63) is 22.3 Å². The van der Waals surface area contributed by atoms with Crippen molar-refractivity contribution in [3.8, 4) is 0 Å². The van der Waals surface area contributed by atoms with Crippen LogP contribution >= 0.6 is 15.9 Å². The molecule has 0 aliphatic carbocycles. The van der Waals surface area contributed by atoms with Crippen LogP contribution in [0.1, 0.15) is 17.9 Å². The first-order valence-electron chi connectivity index (χ1n) is 4.39. The predicted octanol–water partition coefficient (Wildman–Crippen LogP) is 1.50. The van der Waals surface area contributed by atoms with Gasteiger partial charge in [0.2, 0.25) is 0 Å². The number of rotatable bonds is 1. The number of hydrogen-bond donors (Lipinski definition) is 2. The standard InChI is InChI=1S/C9H12BrN3/c10-8-3-9(11)13-5-7(8)6-1-2-12-4-6/h3,5-6,12H,1-2,4H2,(H2,11,13). The molecule has 1 aromatic heterocycles. The Kier molecular flexibility index (Phi) is 2.51. The molecular formula is C9H12BrN3. The van der Waals surface area contributed by atoms with E-state index in [1.54, 1.807) is 0 Å². The molecule has 2 rings (SSSR count). The molecule has 2 heterocycles. The molecule has 3 N–H and O–H groups in total. The minimum atomic E-state index is 0.571. The summed E-state index contributed by atoms with van der Waals surface area (Å²) in [6.45, 7) is 2.14. The van der Waals surface area contributed by atoms with Gasteiger partial charge in [0, 0.05) is 23.1 Å². The van der Waals surface area contributed by atoms with E-state index in [9.17, 15) is 0 Å². The predicted molar refractivity (Wildman–Crippen MR) is 56.6 cm³/mol. The highest BCUT2D eigenvalue weighted by Crippen LogP contribution is 2.29. The van der Waals surface area contributed by atoms with Gasteiger partial charge < -0.3 is 11.1 Å². The summed E-state index contributed by atoms with van der Waals surface area (Å²) in [5.74, 6) is 1.16. The first-order valence-corrected chi connectivity index (χ1v) is 5.18. The Labute approximate surface area is 85.9 Å². The van der Waals surface area contributed by atoms with E-state index in [4.69, 9.17) is 5.73 Å². The number of nitrogens with two attached hydrogens (primary N) is 1. The molecule has 0 saturated carbocycles. The molecule has 3 nitrogen and oxygen atoms in total. The van der Waals surface area contributed by atoms with Crippen LogP contribution in [0.3, 0.4) is 0 Å². The Morgan fingerprint density at radius 3 is 3.08 bits per heavy atom. The van der Waals surface area contributed by atoms with Crippen LogP contribution in [-0.2, 0) is 0 Å². The third kappa shape index (κ3) is 1.84. The van der Waals surface area contributed by atoms with E-state index in [1.807, 2.05) is 12.3 Å². The third-order valence-corrected chi connectivity index (χ3v) is 3.09. The summed E-state index contributed by atoms with van der Waals surface area (Å²) < 4.78 is 1.08. The lowest BCUT2D eigenvalue weighted by Gasteiger charge is -2.10. The Morgan fingerprint density at radius 1 is 1.62 bits per heavy atom. The second-order valence-electron chi connectivity index (χ2n) is 3.32. The van der Waals surface area contributed by atoms with Crippen molar-refractivity contribution >= 4 is 21.7 Å². The van der Waals surface area contributed by atoms with Gasteiger partial charge in [0.25, 0.3) is 0 Å². The highest BCUT2D eigenvalue weighted by Gasteiger charge is 2.19. The molecule has 1 aliphatic heterocycles. The van der Waals surface area contributed by atoms with Gasteiger partial charge in [-0.05, 0) is 24.6 Å². The molecule has 0 spiro atoms. The molecule has 1 saturated heterocycles. The molecule has 1 aliphatic rings. The Morgan fingerprint density at radius 2 is 2.46 bits per heavy atom. The van der Waals surface area contributed by atoms with Gasteiger partial charge in [0.15, 0.2) is 0 Å². The fourth-order valence-electron chi connectivity index (χ4n) is 1.68. The van der Waals surface area contributed by atoms with E-state index < -0.39 is 0 Å². The van der Waals surface area contributed by atoms with Gasteiger partial charge in [0.1, 0.15) is 5.82 Å². The fourth-order valence-corrected chi connectivity index (χ4v) is 2.34. The highest BCUT2D eigenvalue weighted by molar-refractivity contribution is 9.10. The second kappa shape index (κ2) is 3.64. The van der Waals surface area contributed by atoms with E-state index >= 15 is 0 Å². The summed E-state index contributed by atoms with van der Waals surface area (Å²) in [6.07, 6.45) is 3.06. The van der Waals surface area contributed by atoms with Crippen LogP contribution in [-0.4, -0.2) is 18.1 Å². The summed E-state index contributed by atoms with van der Waals surface area (Å²) in [5, 5.41) is 3.33. The van der Waals surface area contributed by atoms with E-state index in [0.29, 0.717) is 11.7 Å².